The third kappa shape index (κ3) is 3.88. The number of hydrogen-bond donors (Lipinski definition) is 2. The van der Waals surface area contributed by atoms with Gasteiger partial charge in [0.05, 0.1) is 12.2 Å². The molecule has 0 radical (unpaired) electrons. The summed E-state index contributed by atoms with van der Waals surface area (Å²) in [6.45, 7) is 14.4. The number of fused-ring (bicyclic) bond motifs is 5. The molecule has 0 saturated heterocycles. The lowest BCUT2D eigenvalue weighted by atomic mass is 9.46. The van der Waals surface area contributed by atoms with E-state index in [2.05, 4.69) is 53.7 Å². The first-order valence-electron chi connectivity index (χ1n) is 13.3. The van der Waals surface area contributed by atoms with Crippen LogP contribution in [0, 0.1) is 46.3 Å². The van der Waals surface area contributed by atoms with Crippen molar-refractivity contribution in [2.75, 3.05) is 0 Å². The maximum absolute atomic E-state index is 11.3. The zero-order valence-corrected chi connectivity index (χ0v) is 21.0. The van der Waals surface area contributed by atoms with Gasteiger partial charge in [0.1, 0.15) is 0 Å². The highest BCUT2D eigenvalue weighted by Gasteiger charge is 2.61. The van der Waals surface area contributed by atoms with E-state index in [0.29, 0.717) is 29.1 Å². The van der Waals surface area contributed by atoms with Gasteiger partial charge in [0.25, 0.3) is 0 Å². The first kappa shape index (κ1) is 23.6. The van der Waals surface area contributed by atoms with Gasteiger partial charge in [0.15, 0.2) is 0 Å². The molecule has 4 rings (SSSR count). The first-order valence-corrected chi connectivity index (χ1v) is 13.3. The molecule has 0 amide bonds. The highest BCUT2D eigenvalue weighted by atomic mass is 16.3. The Morgan fingerprint density at radius 1 is 1.06 bits per heavy atom. The summed E-state index contributed by atoms with van der Waals surface area (Å²) >= 11 is 0. The van der Waals surface area contributed by atoms with E-state index < -0.39 is 0 Å². The Bertz CT molecular complexity index is 720. The molecule has 4 aliphatic rings. The lowest BCUT2D eigenvalue weighted by molar-refractivity contribution is -0.0970. The topological polar surface area (TPSA) is 40.5 Å². The summed E-state index contributed by atoms with van der Waals surface area (Å²) in [6.07, 6.45) is 14.6. The lowest BCUT2D eigenvalue weighted by Crippen LogP contribution is -2.54. The van der Waals surface area contributed by atoms with Gasteiger partial charge in [-0.25, -0.2) is 0 Å². The van der Waals surface area contributed by atoms with E-state index in [9.17, 15) is 10.2 Å². The monoisotopic (exact) mass is 428 g/mol. The second kappa shape index (κ2) is 8.64. The van der Waals surface area contributed by atoms with Crippen LogP contribution in [-0.2, 0) is 0 Å². The number of aliphatic hydroxyl groups excluding tert-OH is 2. The lowest BCUT2D eigenvalue weighted by Gasteiger charge is -2.59. The molecule has 2 N–H and O–H groups in total. The summed E-state index contributed by atoms with van der Waals surface area (Å²) in [4.78, 5) is 0. The van der Waals surface area contributed by atoms with Gasteiger partial charge in [0, 0.05) is 0 Å². The van der Waals surface area contributed by atoms with Crippen LogP contribution in [-0.4, -0.2) is 22.4 Å². The Morgan fingerprint density at radius 2 is 1.81 bits per heavy atom. The molecule has 2 nitrogen and oxygen atoms in total. The van der Waals surface area contributed by atoms with Crippen molar-refractivity contribution < 1.29 is 10.2 Å². The number of aliphatic hydroxyl groups is 2. The summed E-state index contributed by atoms with van der Waals surface area (Å²) in [5.41, 5.74) is 3.56. The molecule has 0 bridgehead atoms. The zero-order chi connectivity index (χ0) is 22.6. The van der Waals surface area contributed by atoms with E-state index in [-0.39, 0.29) is 17.6 Å². The van der Waals surface area contributed by atoms with Crippen molar-refractivity contribution in [1.82, 2.24) is 0 Å². The Hall–Kier alpha value is -0.600. The molecule has 4 aliphatic carbocycles. The molecule has 0 aliphatic heterocycles. The van der Waals surface area contributed by atoms with Crippen molar-refractivity contribution in [2.24, 2.45) is 46.3 Å². The van der Waals surface area contributed by atoms with Crippen molar-refractivity contribution >= 4 is 0 Å². The van der Waals surface area contributed by atoms with Crippen LogP contribution in [0.5, 0.6) is 0 Å². The molecule has 2 heteroatoms. The molecule has 0 aromatic rings. The van der Waals surface area contributed by atoms with Gasteiger partial charge >= 0.3 is 0 Å². The third-order valence-electron chi connectivity index (χ3n) is 10.9. The van der Waals surface area contributed by atoms with E-state index in [0.717, 1.165) is 31.1 Å². The normalized spacial score (nSPS) is 46.2. The molecule has 0 unspecified atom stereocenters. The molecule has 176 valence electrons. The van der Waals surface area contributed by atoms with Crippen LogP contribution in [0.25, 0.3) is 0 Å². The third-order valence-corrected chi connectivity index (χ3v) is 10.9. The molecule has 0 spiro atoms. The van der Waals surface area contributed by atoms with Gasteiger partial charge in [-0.2, -0.15) is 0 Å². The van der Waals surface area contributed by atoms with Gasteiger partial charge in [0.2, 0.25) is 0 Å². The quantitative estimate of drug-likeness (QED) is 0.467. The summed E-state index contributed by atoms with van der Waals surface area (Å²) in [5.74, 6) is 3.88. The van der Waals surface area contributed by atoms with Crippen molar-refractivity contribution in [3.63, 3.8) is 0 Å². The Labute approximate surface area is 191 Å². The molecule has 3 fully saturated rings. The maximum Gasteiger partial charge on any atom is 0.0757 e. The summed E-state index contributed by atoms with van der Waals surface area (Å²) in [5, 5.41) is 21.6. The van der Waals surface area contributed by atoms with E-state index in [1.165, 1.54) is 44.1 Å². The molecular formula is C29H48O2. The van der Waals surface area contributed by atoms with Gasteiger partial charge in [-0.1, -0.05) is 57.9 Å². The predicted octanol–water partition coefficient (Wildman–Crippen LogP) is 6.92. The fourth-order valence-corrected chi connectivity index (χ4v) is 8.97. The minimum atomic E-state index is -0.312. The molecule has 0 aromatic carbocycles. The first-order chi connectivity index (χ1) is 14.6. The summed E-state index contributed by atoms with van der Waals surface area (Å²) in [7, 11) is 0. The average molecular weight is 429 g/mol. The molecule has 9 atom stereocenters. The molecule has 0 aromatic heterocycles. The largest absolute Gasteiger partial charge is 0.393 e. The fraction of sp³-hybridized carbons (Fsp3) is 0.862. The van der Waals surface area contributed by atoms with Crippen LogP contribution in [0.15, 0.2) is 23.3 Å². The van der Waals surface area contributed by atoms with Crippen LogP contribution < -0.4 is 0 Å². The second-order valence-electron chi connectivity index (χ2n) is 12.5. The molecule has 3 saturated carbocycles. The average Bonchev–Trinajstić information content (AvgIpc) is 3.06. The Kier molecular flexibility index (Phi) is 6.56. The smallest absolute Gasteiger partial charge is 0.0757 e. The minimum absolute atomic E-state index is 0.201. The van der Waals surface area contributed by atoms with Crippen LogP contribution >= 0.6 is 0 Å². The van der Waals surface area contributed by atoms with E-state index >= 15 is 0 Å². The van der Waals surface area contributed by atoms with Gasteiger partial charge in [-0.05, 0) is 111 Å². The highest BCUT2D eigenvalue weighted by molar-refractivity contribution is 5.28. The van der Waals surface area contributed by atoms with Gasteiger partial charge < -0.3 is 10.2 Å². The number of hydrogen-bond acceptors (Lipinski definition) is 2. The summed E-state index contributed by atoms with van der Waals surface area (Å²) < 4.78 is 0. The zero-order valence-electron chi connectivity index (χ0n) is 21.0. The van der Waals surface area contributed by atoms with Gasteiger partial charge in [-0.3, -0.25) is 0 Å². The number of rotatable bonds is 5. The number of allylic oxidation sites excluding steroid dienone is 2. The SMILES string of the molecule is C/C=C(/CC[C@@H](C)[C@H]1CC[C@H]2[C@@H]3[C@@H](O)C=C4C[C@@H](O)CC[C@]4(C)[C@H]3CC[C@]12C)C(C)C. The van der Waals surface area contributed by atoms with E-state index in [1.54, 1.807) is 5.57 Å². The van der Waals surface area contributed by atoms with Crippen LogP contribution in [0.4, 0.5) is 0 Å². The summed E-state index contributed by atoms with van der Waals surface area (Å²) in [6, 6.07) is 0. The van der Waals surface area contributed by atoms with Crippen molar-refractivity contribution in [2.45, 2.75) is 112 Å². The predicted molar refractivity (Wildman–Crippen MR) is 130 cm³/mol. The molecular weight excluding hydrogens is 380 g/mol. The van der Waals surface area contributed by atoms with Gasteiger partial charge in [-0.15, -0.1) is 0 Å². The fourth-order valence-electron chi connectivity index (χ4n) is 8.97. The second-order valence-corrected chi connectivity index (χ2v) is 12.5. The van der Waals surface area contributed by atoms with Crippen molar-refractivity contribution in [1.29, 1.82) is 0 Å². The standard InChI is InChI=1S/C29H48O2/c1-7-20(18(2)3)9-8-19(4)23-10-11-24-27-25(13-15-29(23,24)6)28(5)14-12-22(30)16-21(28)17-26(27)31/h7,17-19,22-27,30-31H,8-16H2,1-6H3/b20-7-/t19-,22+,23-,24+,25+,26+,27+,28+,29-/m1/s1. The van der Waals surface area contributed by atoms with Crippen LogP contribution in [0.3, 0.4) is 0 Å². The van der Waals surface area contributed by atoms with E-state index in [4.69, 9.17) is 0 Å². The van der Waals surface area contributed by atoms with Crippen molar-refractivity contribution in [3.05, 3.63) is 23.3 Å². The van der Waals surface area contributed by atoms with Crippen molar-refractivity contribution in [3.8, 4) is 0 Å². The molecule has 0 heterocycles. The van der Waals surface area contributed by atoms with E-state index in [1.807, 2.05) is 0 Å². The van der Waals surface area contributed by atoms with Crippen LogP contribution in [0.1, 0.15) is 99.3 Å². The maximum atomic E-state index is 11.3. The Balaban J connectivity index is 1.53. The highest BCUT2D eigenvalue weighted by Crippen LogP contribution is 2.67. The molecule has 31 heavy (non-hydrogen) atoms. The Morgan fingerprint density at radius 3 is 2.48 bits per heavy atom. The van der Waals surface area contributed by atoms with Crippen LogP contribution in [0.2, 0.25) is 0 Å². The minimum Gasteiger partial charge on any atom is -0.393 e.